The van der Waals surface area contributed by atoms with Gasteiger partial charge in [-0.2, -0.15) is 8.42 Å². The molecule has 542 valence electrons. The van der Waals surface area contributed by atoms with Crippen molar-refractivity contribution in [2.75, 3.05) is 6.26 Å². The minimum atomic E-state index is -3.54. The smallest absolute Gasteiger partial charge is 0.399 e. The van der Waals surface area contributed by atoms with E-state index >= 15 is 0 Å². The highest BCUT2D eigenvalue weighted by atomic mass is 32.2. The van der Waals surface area contributed by atoms with E-state index in [9.17, 15) is 8.42 Å². The molecule has 18 aromatic carbocycles. The van der Waals surface area contributed by atoms with Crippen LogP contribution >= 0.6 is 0 Å². The van der Waals surface area contributed by atoms with E-state index in [-0.39, 0.29) is 29.2 Å². The summed E-state index contributed by atoms with van der Waals surface area (Å²) in [5.74, 6) is 0.329. The Labute approximate surface area is 655 Å². The van der Waals surface area contributed by atoms with Gasteiger partial charge in [-0.3, -0.25) is 0 Å². The molecule has 0 radical (unpaired) electrons. The molecule has 0 saturated carbocycles. The van der Waals surface area contributed by atoms with Gasteiger partial charge in [0.25, 0.3) is 0 Å². The van der Waals surface area contributed by atoms with E-state index in [0.717, 1.165) is 28.1 Å². The summed E-state index contributed by atoms with van der Waals surface area (Å²) in [6.45, 7) is 17.6. The first kappa shape index (κ1) is 70.2. The molecule has 18 aromatic rings. The fraction of sp³-hybridized carbons (Fsp3) is 0.124. The van der Waals surface area contributed by atoms with E-state index in [4.69, 9.17) is 13.5 Å². The molecule has 0 unspecified atom stereocenters. The van der Waals surface area contributed by atoms with Crippen molar-refractivity contribution in [3.8, 4) is 83.6 Å². The molecule has 0 bridgehead atoms. The van der Waals surface area contributed by atoms with Crippen LogP contribution in [0.25, 0.3) is 164 Å². The molecule has 21 rings (SSSR count). The Morgan fingerprint density at radius 3 is 1.06 bits per heavy atom. The van der Waals surface area contributed by atoms with Crippen LogP contribution in [0.5, 0.6) is 5.75 Å². The van der Waals surface area contributed by atoms with Crippen LogP contribution in [-0.4, -0.2) is 33.0 Å². The summed E-state index contributed by atoms with van der Waals surface area (Å²) in [6, 6.07) is 123. The van der Waals surface area contributed by atoms with Crippen molar-refractivity contribution in [3.63, 3.8) is 0 Å². The SMILES string of the molecule is CC1(C)OB(c2ccc3c(ccc4cc(-c5ccccc5)c5ccccc5c43)c2)OC1(C)C.CC1(C)c2ccccc2-c2ccc(-c3ccc4cc(-c5ccc6c(ccc7cc(-c8ccccc8)c8ccccc8c76)c5)ccc4c3)cc21.CC1(C)c2ccccc2-c2ccc(-c3ccc4cc(OS(C)(=O)=O)ccc4c3)cc21. The average Bonchev–Trinajstić information content (AvgIpc) is 1.45. The highest BCUT2D eigenvalue weighted by molar-refractivity contribution is 7.86. The summed E-state index contributed by atoms with van der Waals surface area (Å²) in [7, 11) is -3.89. The third kappa shape index (κ3) is 12.2. The van der Waals surface area contributed by atoms with Gasteiger partial charge in [0.2, 0.25) is 0 Å². The molecule has 1 heterocycles. The maximum absolute atomic E-state index is 11.4. The monoisotopic (exact) mass is 1470 g/mol. The molecule has 1 fully saturated rings. The van der Waals surface area contributed by atoms with Crippen LogP contribution in [0.15, 0.2) is 340 Å². The molecule has 1 saturated heterocycles. The molecule has 3 aliphatic rings. The van der Waals surface area contributed by atoms with E-state index in [1.807, 2.05) is 12.1 Å². The summed E-state index contributed by atoms with van der Waals surface area (Å²) in [4.78, 5) is 0. The Kier molecular flexibility index (Phi) is 16.8. The van der Waals surface area contributed by atoms with E-state index in [1.54, 1.807) is 12.1 Å². The molecule has 2 aliphatic carbocycles. The molecular formula is C105H83BO5S. The van der Waals surface area contributed by atoms with E-state index in [0.29, 0.717) is 5.75 Å². The van der Waals surface area contributed by atoms with Gasteiger partial charge in [0.1, 0.15) is 5.75 Å². The second-order valence-corrected chi connectivity index (χ2v) is 34.2. The first-order chi connectivity index (χ1) is 54.1. The fourth-order valence-electron chi connectivity index (χ4n) is 17.9. The second kappa shape index (κ2) is 26.8. The second-order valence-electron chi connectivity index (χ2n) is 32.7. The molecule has 1 aliphatic heterocycles. The molecule has 0 N–H and O–H groups in total. The molecular weight excluding hydrogens is 1380 g/mol. The number of hydrogen-bond acceptors (Lipinski definition) is 5. The maximum Gasteiger partial charge on any atom is 0.494 e. The van der Waals surface area contributed by atoms with Gasteiger partial charge in [0.15, 0.2) is 0 Å². The van der Waals surface area contributed by atoms with Crippen LogP contribution in [0, 0.1) is 0 Å². The number of benzene rings is 18. The van der Waals surface area contributed by atoms with E-state index in [1.165, 1.54) is 170 Å². The Balaban J connectivity index is 0.000000118. The molecule has 0 aromatic heterocycles. The van der Waals surface area contributed by atoms with Crippen molar-refractivity contribution >= 4 is 109 Å². The highest BCUT2D eigenvalue weighted by Gasteiger charge is 2.52. The maximum atomic E-state index is 11.4. The summed E-state index contributed by atoms with van der Waals surface area (Å²) < 4.78 is 40.4. The van der Waals surface area contributed by atoms with Crippen LogP contribution in [-0.2, 0) is 30.3 Å². The normalized spacial score (nSPS) is 14.7. The number of fused-ring (bicyclic) bond motifs is 18. The van der Waals surface area contributed by atoms with Gasteiger partial charge in [-0.25, -0.2) is 0 Å². The molecule has 0 atom stereocenters. The highest BCUT2D eigenvalue weighted by Crippen LogP contribution is 2.52. The third-order valence-corrected chi connectivity index (χ3v) is 25.0. The van der Waals surface area contributed by atoms with Crippen LogP contribution in [0.4, 0.5) is 0 Å². The zero-order valence-corrected chi connectivity index (χ0v) is 65.2. The lowest BCUT2D eigenvalue weighted by atomic mass is 9.78. The van der Waals surface area contributed by atoms with Crippen LogP contribution in [0.2, 0.25) is 0 Å². The van der Waals surface area contributed by atoms with E-state index < -0.39 is 10.1 Å². The quantitative estimate of drug-likeness (QED) is 0.0862. The Bertz CT molecular complexity index is 7000. The van der Waals surface area contributed by atoms with E-state index in [2.05, 4.69) is 371 Å². The van der Waals surface area contributed by atoms with Crippen LogP contribution < -0.4 is 9.65 Å². The number of rotatable bonds is 8. The van der Waals surface area contributed by atoms with Crippen LogP contribution in [0.3, 0.4) is 0 Å². The van der Waals surface area contributed by atoms with Crippen molar-refractivity contribution in [2.24, 2.45) is 0 Å². The molecule has 0 spiro atoms. The summed E-state index contributed by atoms with van der Waals surface area (Å²) >= 11 is 0. The van der Waals surface area contributed by atoms with Crippen molar-refractivity contribution in [1.29, 1.82) is 0 Å². The first-order valence-electron chi connectivity index (χ1n) is 38.8. The zero-order chi connectivity index (χ0) is 76.6. The topological polar surface area (TPSA) is 61.8 Å². The Morgan fingerprint density at radius 2 is 0.598 bits per heavy atom. The van der Waals surface area contributed by atoms with Gasteiger partial charge >= 0.3 is 17.2 Å². The summed E-state index contributed by atoms with van der Waals surface area (Å²) in [5.41, 5.74) is 23.6. The minimum absolute atomic E-state index is 0.00195. The predicted molar refractivity (Wildman–Crippen MR) is 473 cm³/mol. The van der Waals surface area contributed by atoms with Gasteiger partial charge in [0.05, 0.1) is 17.5 Å². The molecule has 5 nitrogen and oxygen atoms in total. The van der Waals surface area contributed by atoms with Gasteiger partial charge in [-0.1, -0.05) is 307 Å². The van der Waals surface area contributed by atoms with Gasteiger partial charge in [0, 0.05) is 10.8 Å². The fourth-order valence-corrected chi connectivity index (χ4v) is 18.4. The van der Waals surface area contributed by atoms with Crippen LogP contribution in [0.1, 0.15) is 77.6 Å². The molecule has 0 amide bonds. The Hall–Kier alpha value is -12.2. The van der Waals surface area contributed by atoms with Gasteiger partial charge < -0.3 is 13.5 Å². The van der Waals surface area contributed by atoms with Gasteiger partial charge in [-0.05, 0) is 280 Å². The van der Waals surface area contributed by atoms with Gasteiger partial charge in [-0.15, -0.1) is 0 Å². The third-order valence-electron chi connectivity index (χ3n) is 24.5. The lowest BCUT2D eigenvalue weighted by Gasteiger charge is -2.32. The average molecular weight is 1470 g/mol. The van der Waals surface area contributed by atoms with Crippen molar-refractivity contribution < 1.29 is 21.9 Å². The minimum Gasteiger partial charge on any atom is -0.399 e. The number of hydrogen-bond donors (Lipinski definition) is 0. The Morgan fingerprint density at radius 1 is 0.259 bits per heavy atom. The predicted octanol–water partition coefficient (Wildman–Crippen LogP) is 26.9. The molecule has 7 heteroatoms. The lowest BCUT2D eigenvalue weighted by molar-refractivity contribution is 0.00578. The lowest BCUT2D eigenvalue weighted by Crippen LogP contribution is -2.41. The zero-order valence-electron chi connectivity index (χ0n) is 64.4. The largest absolute Gasteiger partial charge is 0.494 e. The summed E-state index contributed by atoms with van der Waals surface area (Å²) in [5, 5.41) is 19.8. The first-order valence-corrected chi connectivity index (χ1v) is 40.6. The van der Waals surface area contributed by atoms with Crippen molar-refractivity contribution in [3.05, 3.63) is 362 Å². The van der Waals surface area contributed by atoms with Crippen molar-refractivity contribution in [2.45, 2.75) is 77.4 Å². The summed E-state index contributed by atoms with van der Waals surface area (Å²) in [6.07, 6.45) is 1.05. The molecule has 112 heavy (non-hydrogen) atoms. The van der Waals surface area contributed by atoms with Crippen molar-refractivity contribution in [1.82, 2.24) is 0 Å². The standard InChI is InChI=1S/C49H34.C30H27BO2.C26H22O3S/c1-49(2)46-15-9-8-13-42(46)43-25-23-37(30-47(43)49)35-19-18-32-26-34(17-16-33(32)27-35)36-22-24-40-38(28-36)20-21-39-29-45(31-10-4-3-5-11-31)41-12-6-7-14-44(41)48(39)40;1-29(2)30(3,4)33-31(32-29)23-16-17-24-21(18-23)14-15-22-19-27(20-10-6-5-7-11-20)25-12-8-9-13-26(25)28(22)24;1-26(2)24-7-5-4-6-22(24)23-13-11-20(16-25(23)26)17-8-9-19-15-21(29-30(3,27)28)12-10-18(19)14-17/h3-30H,1-2H3;5-19H,1-4H3;4-16H,1-3H3.